The number of carbonyl (C=O) groups is 1. The van der Waals surface area contributed by atoms with Crippen LogP contribution in [0.15, 0.2) is 54.6 Å². The molecule has 2 rings (SSSR count). The van der Waals surface area contributed by atoms with Gasteiger partial charge in [-0.15, -0.1) is 0 Å². The van der Waals surface area contributed by atoms with Crippen molar-refractivity contribution in [2.24, 2.45) is 11.5 Å². The van der Waals surface area contributed by atoms with E-state index in [0.29, 0.717) is 6.61 Å². The second kappa shape index (κ2) is 7.06. The topological polar surface area (TPSA) is 98.6 Å². The predicted octanol–water partition coefficient (Wildman–Crippen LogP) is 0.983. The Morgan fingerprint density at radius 1 is 1.05 bits per heavy atom. The molecule has 5 nitrogen and oxygen atoms in total. The monoisotopic (exact) mass is 300 g/mol. The number of amides is 1. The van der Waals surface area contributed by atoms with Crippen molar-refractivity contribution in [2.75, 3.05) is 6.61 Å². The maximum atomic E-state index is 11.3. The highest BCUT2D eigenvalue weighted by atomic mass is 16.5. The molecule has 2 aromatic rings. The number of aliphatic hydroxyl groups excluding tert-OH is 1. The Labute approximate surface area is 129 Å². The summed E-state index contributed by atoms with van der Waals surface area (Å²) in [6.07, 6.45) is 0.178. The molecule has 0 aliphatic heterocycles. The molecule has 116 valence electrons. The summed E-state index contributed by atoms with van der Waals surface area (Å²) in [6.45, 7) is -0.00642. The molecular weight excluding hydrogens is 280 g/mol. The number of hydrogen-bond acceptors (Lipinski definition) is 4. The van der Waals surface area contributed by atoms with E-state index in [9.17, 15) is 9.90 Å². The molecule has 0 bridgehead atoms. The van der Waals surface area contributed by atoms with Gasteiger partial charge in [-0.05, 0) is 23.3 Å². The number of aliphatic hydroxyl groups is 1. The number of hydrogen-bond donors (Lipinski definition) is 3. The van der Waals surface area contributed by atoms with E-state index in [1.54, 1.807) is 24.3 Å². The van der Waals surface area contributed by atoms with Crippen molar-refractivity contribution in [3.8, 4) is 5.75 Å². The lowest BCUT2D eigenvalue weighted by Crippen LogP contribution is -2.56. The molecule has 2 aromatic carbocycles. The normalized spacial score (nSPS) is 13.4. The molecule has 1 atom stereocenters. The van der Waals surface area contributed by atoms with Crippen LogP contribution in [0.2, 0.25) is 0 Å². The molecule has 0 aliphatic rings. The zero-order chi connectivity index (χ0) is 16.0. The summed E-state index contributed by atoms with van der Waals surface area (Å²) in [5, 5.41) is 9.23. The van der Waals surface area contributed by atoms with Gasteiger partial charge in [0.05, 0.1) is 6.61 Å². The number of ether oxygens (including phenoxy) is 1. The zero-order valence-electron chi connectivity index (χ0n) is 12.2. The van der Waals surface area contributed by atoms with Crippen LogP contribution in [0.4, 0.5) is 0 Å². The summed E-state index contributed by atoms with van der Waals surface area (Å²) < 4.78 is 5.68. The summed E-state index contributed by atoms with van der Waals surface area (Å²) in [6, 6.07) is 17.1. The van der Waals surface area contributed by atoms with E-state index < -0.39 is 18.1 Å². The maximum absolute atomic E-state index is 11.3. The molecular formula is C17H20N2O3. The Balaban J connectivity index is 1.97. The Hall–Kier alpha value is -2.37. The minimum atomic E-state index is -1.44. The smallest absolute Gasteiger partial charge is 0.240 e. The van der Waals surface area contributed by atoms with Gasteiger partial charge in [-0.1, -0.05) is 42.5 Å². The third kappa shape index (κ3) is 4.07. The molecule has 1 amide bonds. The van der Waals surface area contributed by atoms with E-state index in [1.165, 1.54) is 0 Å². The van der Waals surface area contributed by atoms with E-state index in [4.69, 9.17) is 16.2 Å². The van der Waals surface area contributed by atoms with Crippen LogP contribution in [0.1, 0.15) is 11.1 Å². The number of rotatable bonds is 7. The molecule has 0 spiro atoms. The minimum absolute atomic E-state index is 0.178. The van der Waals surface area contributed by atoms with Gasteiger partial charge in [-0.3, -0.25) is 4.79 Å². The fourth-order valence-corrected chi connectivity index (χ4v) is 2.03. The van der Waals surface area contributed by atoms with Gasteiger partial charge in [0.1, 0.15) is 17.9 Å². The van der Waals surface area contributed by atoms with Gasteiger partial charge < -0.3 is 21.3 Å². The van der Waals surface area contributed by atoms with Crippen molar-refractivity contribution in [1.82, 2.24) is 0 Å². The lowest BCUT2D eigenvalue weighted by molar-refractivity contribution is -0.124. The van der Waals surface area contributed by atoms with Crippen LogP contribution in [0.25, 0.3) is 0 Å². The fourth-order valence-electron chi connectivity index (χ4n) is 2.03. The van der Waals surface area contributed by atoms with E-state index in [1.807, 2.05) is 30.3 Å². The van der Waals surface area contributed by atoms with Crippen molar-refractivity contribution >= 4 is 5.91 Å². The molecule has 5 heteroatoms. The van der Waals surface area contributed by atoms with Crippen LogP contribution >= 0.6 is 0 Å². The van der Waals surface area contributed by atoms with Gasteiger partial charge in [0.2, 0.25) is 5.91 Å². The first-order valence-electron chi connectivity index (χ1n) is 6.99. The first-order valence-corrected chi connectivity index (χ1v) is 6.99. The van der Waals surface area contributed by atoms with Crippen LogP contribution < -0.4 is 16.2 Å². The Morgan fingerprint density at radius 2 is 1.68 bits per heavy atom. The Morgan fingerprint density at radius 3 is 2.23 bits per heavy atom. The van der Waals surface area contributed by atoms with Crippen LogP contribution in [0.5, 0.6) is 5.75 Å². The lowest BCUT2D eigenvalue weighted by Gasteiger charge is -2.23. The van der Waals surface area contributed by atoms with Crippen molar-refractivity contribution in [3.63, 3.8) is 0 Å². The van der Waals surface area contributed by atoms with Crippen LogP contribution in [-0.2, 0) is 17.8 Å². The van der Waals surface area contributed by atoms with Gasteiger partial charge >= 0.3 is 0 Å². The Bertz CT molecular complexity index is 614. The van der Waals surface area contributed by atoms with E-state index in [2.05, 4.69) is 0 Å². The second-order valence-electron chi connectivity index (χ2n) is 5.27. The van der Waals surface area contributed by atoms with E-state index in [0.717, 1.165) is 16.9 Å². The highest BCUT2D eigenvalue weighted by molar-refractivity contribution is 5.84. The van der Waals surface area contributed by atoms with Gasteiger partial charge in [0.15, 0.2) is 0 Å². The number of benzene rings is 2. The summed E-state index contributed by atoms with van der Waals surface area (Å²) in [4.78, 5) is 11.3. The average molecular weight is 300 g/mol. The predicted molar refractivity (Wildman–Crippen MR) is 84.1 cm³/mol. The molecule has 0 unspecified atom stereocenters. The van der Waals surface area contributed by atoms with Gasteiger partial charge in [-0.2, -0.15) is 0 Å². The van der Waals surface area contributed by atoms with Crippen molar-refractivity contribution < 1.29 is 14.6 Å². The van der Waals surface area contributed by atoms with Crippen LogP contribution in [-0.4, -0.2) is 23.2 Å². The molecule has 22 heavy (non-hydrogen) atoms. The minimum Gasteiger partial charge on any atom is -0.489 e. The summed E-state index contributed by atoms with van der Waals surface area (Å²) in [5.74, 6) is -0.00213. The van der Waals surface area contributed by atoms with Crippen LogP contribution in [0, 0.1) is 0 Å². The SMILES string of the molecule is NC(=O)[C@@](N)(CO)Cc1ccc(OCc2ccccc2)cc1. The average Bonchev–Trinajstić information content (AvgIpc) is 2.55. The zero-order valence-corrected chi connectivity index (χ0v) is 12.2. The molecule has 0 aliphatic carbocycles. The highest BCUT2D eigenvalue weighted by Crippen LogP contribution is 2.17. The molecule has 0 radical (unpaired) electrons. The van der Waals surface area contributed by atoms with Crippen molar-refractivity contribution in [3.05, 3.63) is 65.7 Å². The molecule has 0 fully saturated rings. The summed E-state index contributed by atoms with van der Waals surface area (Å²) in [7, 11) is 0. The van der Waals surface area contributed by atoms with Gasteiger partial charge in [0.25, 0.3) is 0 Å². The second-order valence-corrected chi connectivity index (χ2v) is 5.27. The molecule has 0 aromatic heterocycles. The van der Waals surface area contributed by atoms with E-state index in [-0.39, 0.29) is 6.42 Å². The van der Waals surface area contributed by atoms with Gasteiger partial charge in [0, 0.05) is 6.42 Å². The third-order valence-electron chi connectivity index (χ3n) is 3.46. The molecule has 0 heterocycles. The number of primary amides is 1. The Kier molecular flexibility index (Phi) is 5.14. The largest absolute Gasteiger partial charge is 0.489 e. The molecule has 0 saturated carbocycles. The summed E-state index contributed by atoms with van der Waals surface area (Å²) in [5.41, 5.74) is 11.5. The first-order chi connectivity index (χ1) is 10.5. The lowest BCUT2D eigenvalue weighted by atomic mass is 9.92. The maximum Gasteiger partial charge on any atom is 0.240 e. The van der Waals surface area contributed by atoms with Gasteiger partial charge in [-0.25, -0.2) is 0 Å². The standard InChI is InChI=1S/C17H20N2O3/c18-16(21)17(19,12-20)10-13-6-8-15(9-7-13)22-11-14-4-2-1-3-5-14/h1-9,20H,10-12,19H2,(H2,18,21)/t17-/m0/s1. The highest BCUT2D eigenvalue weighted by Gasteiger charge is 2.31. The fraction of sp³-hybridized carbons (Fsp3) is 0.235. The molecule has 5 N–H and O–H groups in total. The molecule has 0 saturated heterocycles. The third-order valence-corrected chi connectivity index (χ3v) is 3.46. The van der Waals surface area contributed by atoms with Crippen LogP contribution in [0.3, 0.4) is 0 Å². The van der Waals surface area contributed by atoms with Crippen molar-refractivity contribution in [1.29, 1.82) is 0 Å². The van der Waals surface area contributed by atoms with E-state index >= 15 is 0 Å². The number of carbonyl (C=O) groups excluding carboxylic acids is 1. The first kappa shape index (κ1) is 16.0. The number of nitrogens with two attached hydrogens (primary N) is 2. The summed E-state index contributed by atoms with van der Waals surface area (Å²) >= 11 is 0. The van der Waals surface area contributed by atoms with Crippen molar-refractivity contribution in [2.45, 2.75) is 18.6 Å². The quantitative estimate of drug-likeness (QED) is 0.710.